The third kappa shape index (κ3) is 4.14. The van der Waals surface area contributed by atoms with Crippen molar-refractivity contribution in [3.63, 3.8) is 0 Å². The second-order valence-corrected chi connectivity index (χ2v) is 4.18. The highest BCUT2D eigenvalue weighted by Crippen LogP contribution is 2.33. The topological polar surface area (TPSA) is 45.4 Å². The molecule has 1 rings (SSSR count). The number of benzene rings is 1. The van der Waals surface area contributed by atoms with Gasteiger partial charge in [-0.25, -0.2) is 0 Å². The predicted octanol–water partition coefficient (Wildman–Crippen LogP) is 4.01. The van der Waals surface area contributed by atoms with Crippen LogP contribution in [0.2, 0.25) is 5.02 Å². The van der Waals surface area contributed by atoms with Crippen LogP contribution in [-0.4, -0.2) is 11.8 Å². The number of nitriles is 1. The van der Waals surface area contributed by atoms with Crippen molar-refractivity contribution in [1.29, 1.82) is 5.26 Å². The number of hydrogen-bond acceptors (Lipinski definition) is 3. The number of hydrogen-bond donors (Lipinski definition) is 0. The first-order valence-corrected chi connectivity index (χ1v) is 5.60. The summed E-state index contributed by atoms with van der Waals surface area (Å²) < 4.78 is 38.4. The van der Waals surface area contributed by atoms with Crippen LogP contribution in [-0.2, 0) is 11.0 Å². The number of halogens is 4. The fourth-order valence-corrected chi connectivity index (χ4v) is 1.47. The molecule has 0 radical (unpaired) electrons. The minimum absolute atomic E-state index is 0.00285. The first-order valence-electron chi connectivity index (χ1n) is 5.23. The summed E-state index contributed by atoms with van der Waals surface area (Å²) in [5.74, 6) is 0. The summed E-state index contributed by atoms with van der Waals surface area (Å²) in [5.41, 5.74) is -1.03. The SMILES string of the molecule is C/C(=N\OC(C)C#N)c1cc(Cl)ccc1C(F)(F)F. The van der Waals surface area contributed by atoms with Gasteiger partial charge in [0.1, 0.15) is 6.07 Å². The Morgan fingerprint density at radius 1 is 1.47 bits per heavy atom. The predicted molar refractivity (Wildman–Crippen MR) is 64.8 cm³/mol. The van der Waals surface area contributed by atoms with E-state index >= 15 is 0 Å². The van der Waals surface area contributed by atoms with Crippen LogP contribution in [0.1, 0.15) is 25.0 Å². The molecule has 0 aliphatic heterocycles. The van der Waals surface area contributed by atoms with E-state index in [-0.39, 0.29) is 16.3 Å². The normalized spacial score (nSPS) is 13.8. The van der Waals surface area contributed by atoms with Crippen LogP contribution in [0.5, 0.6) is 0 Å². The molecule has 3 nitrogen and oxygen atoms in total. The average Bonchev–Trinajstić information content (AvgIpc) is 2.33. The van der Waals surface area contributed by atoms with E-state index < -0.39 is 17.8 Å². The smallest absolute Gasteiger partial charge is 0.377 e. The number of alkyl halides is 3. The Hall–Kier alpha value is -1.74. The van der Waals surface area contributed by atoms with Crippen LogP contribution in [0.25, 0.3) is 0 Å². The second kappa shape index (κ2) is 5.93. The lowest BCUT2D eigenvalue weighted by molar-refractivity contribution is -0.137. The van der Waals surface area contributed by atoms with Crippen molar-refractivity contribution in [2.24, 2.45) is 5.16 Å². The van der Waals surface area contributed by atoms with Crippen LogP contribution in [0.15, 0.2) is 23.4 Å². The summed E-state index contributed by atoms with van der Waals surface area (Å²) in [6.45, 7) is 2.78. The third-order valence-corrected chi connectivity index (χ3v) is 2.44. The Morgan fingerprint density at radius 3 is 2.63 bits per heavy atom. The van der Waals surface area contributed by atoms with Gasteiger partial charge in [0.25, 0.3) is 0 Å². The van der Waals surface area contributed by atoms with Gasteiger partial charge in [-0.2, -0.15) is 18.4 Å². The molecule has 7 heteroatoms. The summed E-state index contributed by atoms with van der Waals surface area (Å²) in [5, 5.41) is 12.2. The van der Waals surface area contributed by atoms with Gasteiger partial charge in [-0.1, -0.05) is 16.8 Å². The highest BCUT2D eigenvalue weighted by molar-refractivity contribution is 6.31. The first-order chi connectivity index (χ1) is 8.75. The molecule has 0 saturated heterocycles. The molecule has 0 aromatic heterocycles. The van der Waals surface area contributed by atoms with Gasteiger partial charge in [0.05, 0.1) is 11.3 Å². The van der Waals surface area contributed by atoms with E-state index in [0.29, 0.717) is 0 Å². The van der Waals surface area contributed by atoms with Gasteiger partial charge in [-0.05, 0) is 32.0 Å². The van der Waals surface area contributed by atoms with Gasteiger partial charge < -0.3 is 4.84 Å². The van der Waals surface area contributed by atoms with Crippen LogP contribution in [0.3, 0.4) is 0 Å². The molecule has 1 aromatic carbocycles. The lowest BCUT2D eigenvalue weighted by atomic mass is 10.0. The van der Waals surface area contributed by atoms with Gasteiger partial charge >= 0.3 is 6.18 Å². The lowest BCUT2D eigenvalue weighted by Crippen LogP contribution is -2.13. The van der Waals surface area contributed by atoms with Crippen molar-refractivity contribution in [3.05, 3.63) is 34.3 Å². The maximum Gasteiger partial charge on any atom is 0.417 e. The number of oxime groups is 1. The number of nitrogens with zero attached hydrogens (tertiary/aromatic N) is 2. The van der Waals surface area contributed by atoms with Gasteiger partial charge in [0, 0.05) is 10.6 Å². The molecule has 19 heavy (non-hydrogen) atoms. The van der Waals surface area contributed by atoms with Crippen LogP contribution in [0.4, 0.5) is 13.2 Å². The first kappa shape index (κ1) is 15.3. The Balaban J connectivity index is 3.18. The zero-order valence-electron chi connectivity index (χ0n) is 10.1. The third-order valence-electron chi connectivity index (χ3n) is 2.21. The minimum Gasteiger partial charge on any atom is -0.377 e. The standard InChI is InChI=1S/C12H10ClF3N2O/c1-7(6-17)19-18-8(2)10-5-9(13)3-4-11(10)12(14,15)16/h3-5,7H,1-2H3/b18-8+. The summed E-state index contributed by atoms with van der Waals surface area (Å²) in [6.07, 6.45) is -5.36. The zero-order chi connectivity index (χ0) is 14.6. The maximum absolute atomic E-state index is 12.8. The fourth-order valence-electron chi connectivity index (χ4n) is 1.29. The molecule has 0 aliphatic carbocycles. The van der Waals surface area contributed by atoms with Crippen molar-refractivity contribution in [2.45, 2.75) is 26.1 Å². The molecule has 1 unspecified atom stereocenters. The Labute approximate surface area is 113 Å². The maximum atomic E-state index is 12.8. The van der Waals surface area contributed by atoms with E-state index in [0.717, 1.165) is 18.2 Å². The molecule has 0 aliphatic rings. The molecule has 0 amide bonds. The van der Waals surface area contributed by atoms with Gasteiger partial charge in [-0.15, -0.1) is 0 Å². The van der Waals surface area contributed by atoms with E-state index in [1.54, 1.807) is 6.07 Å². The van der Waals surface area contributed by atoms with Gasteiger partial charge in [0.15, 0.2) is 0 Å². The molecule has 1 atom stereocenters. The molecule has 1 aromatic rings. The summed E-state index contributed by atoms with van der Waals surface area (Å²) in [6, 6.07) is 4.94. The Bertz CT molecular complexity index is 535. The average molecular weight is 291 g/mol. The molecule has 0 heterocycles. The lowest BCUT2D eigenvalue weighted by Gasteiger charge is -2.13. The van der Waals surface area contributed by atoms with Crippen LogP contribution in [0, 0.1) is 11.3 Å². The van der Waals surface area contributed by atoms with E-state index in [1.807, 2.05) is 0 Å². The second-order valence-electron chi connectivity index (χ2n) is 3.74. The van der Waals surface area contributed by atoms with Crippen molar-refractivity contribution >= 4 is 17.3 Å². The van der Waals surface area contributed by atoms with Crippen molar-refractivity contribution in [2.75, 3.05) is 0 Å². The highest BCUT2D eigenvalue weighted by atomic mass is 35.5. The highest BCUT2D eigenvalue weighted by Gasteiger charge is 2.34. The van der Waals surface area contributed by atoms with Crippen molar-refractivity contribution < 1.29 is 18.0 Å². The van der Waals surface area contributed by atoms with E-state index in [9.17, 15) is 13.2 Å². The fraction of sp³-hybridized carbons (Fsp3) is 0.333. The monoisotopic (exact) mass is 290 g/mol. The molecular formula is C12H10ClF3N2O. The molecular weight excluding hydrogens is 281 g/mol. The summed E-state index contributed by atoms with van der Waals surface area (Å²) in [7, 11) is 0. The molecule has 102 valence electrons. The summed E-state index contributed by atoms with van der Waals surface area (Å²) >= 11 is 5.69. The van der Waals surface area contributed by atoms with Crippen LogP contribution >= 0.6 is 11.6 Å². The molecule has 0 saturated carbocycles. The van der Waals surface area contributed by atoms with Crippen LogP contribution < -0.4 is 0 Å². The van der Waals surface area contributed by atoms with E-state index in [1.165, 1.54) is 13.8 Å². The van der Waals surface area contributed by atoms with Crippen molar-refractivity contribution in [3.8, 4) is 6.07 Å². The Morgan fingerprint density at radius 2 is 2.11 bits per heavy atom. The molecule has 0 N–H and O–H groups in total. The largest absolute Gasteiger partial charge is 0.417 e. The molecule has 0 fully saturated rings. The van der Waals surface area contributed by atoms with E-state index in [2.05, 4.69) is 5.16 Å². The van der Waals surface area contributed by atoms with Gasteiger partial charge in [0.2, 0.25) is 6.10 Å². The Kier molecular flexibility index (Phi) is 4.78. The number of rotatable bonds is 3. The quantitative estimate of drug-likeness (QED) is 0.623. The van der Waals surface area contributed by atoms with Gasteiger partial charge in [-0.3, -0.25) is 0 Å². The van der Waals surface area contributed by atoms with Crippen molar-refractivity contribution in [1.82, 2.24) is 0 Å². The van der Waals surface area contributed by atoms with E-state index in [4.69, 9.17) is 21.7 Å². The molecule has 0 spiro atoms. The molecule has 0 bridgehead atoms. The summed E-state index contributed by atoms with van der Waals surface area (Å²) in [4.78, 5) is 4.73. The minimum atomic E-state index is -4.52. The zero-order valence-corrected chi connectivity index (χ0v) is 10.9.